The fourth-order valence-electron chi connectivity index (χ4n) is 3.21. The first kappa shape index (κ1) is 22.3. The van der Waals surface area contributed by atoms with Crippen LogP contribution in [0.4, 0.5) is 23.3 Å². The van der Waals surface area contributed by atoms with Crippen molar-refractivity contribution in [1.82, 2.24) is 19.7 Å². The molecule has 0 aliphatic rings. The summed E-state index contributed by atoms with van der Waals surface area (Å²) >= 11 is 0. The minimum Gasteiger partial charge on any atom is -0.497 e. The van der Waals surface area contributed by atoms with Gasteiger partial charge in [0.05, 0.1) is 23.4 Å². The lowest BCUT2D eigenvalue weighted by atomic mass is 10.2. The molecule has 0 saturated heterocycles. The summed E-state index contributed by atoms with van der Waals surface area (Å²) in [5.74, 6) is 2.43. The molecule has 2 aromatic heterocycles. The van der Waals surface area contributed by atoms with Crippen molar-refractivity contribution in [3.05, 3.63) is 72.1 Å². The van der Waals surface area contributed by atoms with Crippen LogP contribution in [0.5, 0.6) is 5.75 Å². The van der Waals surface area contributed by atoms with Gasteiger partial charge >= 0.3 is 0 Å². The first-order valence-corrected chi connectivity index (χ1v) is 12.0. The van der Waals surface area contributed by atoms with Crippen LogP contribution in [-0.2, 0) is 9.84 Å². The normalized spacial score (nSPS) is 11.3. The van der Waals surface area contributed by atoms with Gasteiger partial charge in [-0.25, -0.2) is 18.1 Å². The third kappa shape index (κ3) is 4.96. The van der Waals surface area contributed by atoms with Crippen LogP contribution in [0.3, 0.4) is 0 Å². The zero-order valence-electron chi connectivity index (χ0n) is 18.7. The molecular weight excluding hydrogens is 440 g/mol. The van der Waals surface area contributed by atoms with E-state index in [0.29, 0.717) is 17.5 Å². The lowest BCUT2D eigenvalue weighted by Crippen LogP contribution is -2.06. The fraction of sp³-hybridized carbons (Fsp3) is 0.174. The van der Waals surface area contributed by atoms with Crippen molar-refractivity contribution in [3.8, 4) is 11.4 Å². The van der Waals surface area contributed by atoms with Gasteiger partial charge in [0, 0.05) is 23.7 Å². The Morgan fingerprint density at radius 3 is 2.45 bits per heavy atom. The number of sulfone groups is 1. The van der Waals surface area contributed by atoms with Crippen LogP contribution in [0, 0.1) is 13.8 Å². The van der Waals surface area contributed by atoms with E-state index in [0.717, 1.165) is 28.5 Å². The Balaban J connectivity index is 1.62. The van der Waals surface area contributed by atoms with Gasteiger partial charge in [0.2, 0.25) is 5.95 Å². The van der Waals surface area contributed by atoms with E-state index in [-0.39, 0.29) is 4.90 Å². The number of nitrogens with zero attached hydrogens (tertiary/aromatic N) is 4. The number of nitrogens with one attached hydrogen (secondary N) is 2. The molecule has 0 spiro atoms. The molecule has 4 rings (SSSR count). The minimum atomic E-state index is -3.32. The van der Waals surface area contributed by atoms with Crippen molar-refractivity contribution in [2.45, 2.75) is 18.7 Å². The van der Waals surface area contributed by atoms with Gasteiger partial charge in [-0.1, -0.05) is 6.07 Å². The third-order valence-electron chi connectivity index (χ3n) is 5.10. The Morgan fingerprint density at radius 2 is 1.76 bits per heavy atom. The second kappa shape index (κ2) is 8.91. The standard InChI is InChI=1S/C23H24N6O3S/c1-15-16(2)28-29(18-8-10-19(32-3)11-9-18)22(15)26-21-12-13-24-23(27-21)25-17-6-5-7-20(14-17)33(4,30)31/h5-14H,1-4H3,(H2,24,25,26,27). The molecule has 33 heavy (non-hydrogen) atoms. The topological polar surface area (TPSA) is 111 Å². The van der Waals surface area contributed by atoms with Crippen molar-refractivity contribution in [3.63, 3.8) is 0 Å². The largest absolute Gasteiger partial charge is 0.497 e. The van der Waals surface area contributed by atoms with Crippen LogP contribution < -0.4 is 15.4 Å². The van der Waals surface area contributed by atoms with Gasteiger partial charge in [-0.3, -0.25) is 0 Å². The van der Waals surface area contributed by atoms with Crippen LogP contribution in [0.15, 0.2) is 65.7 Å². The number of anilines is 4. The molecule has 0 amide bonds. The summed E-state index contributed by atoms with van der Waals surface area (Å²) in [5.41, 5.74) is 3.32. The van der Waals surface area contributed by atoms with Crippen molar-refractivity contribution >= 4 is 33.1 Å². The fourth-order valence-corrected chi connectivity index (χ4v) is 3.87. The van der Waals surface area contributed by atoms with E-state index >= 15 is 0 Å². The maximum absolute atomic E-state index is 11.8. The highest BCUT2D eigenvalue weighted by molar-refractivity contribution is 7.90. The van der Waals surface area contributed by atoms with E-state index in [1.807, 2.05) is 42.8 Å². The lowest BCUT2D eigenvalue weighted by molar-refractivity contribution is 0.414. The highest BCUT2D eigenvalue weighted by Gasteiger charge is 2.15. The van der Waals surface area contributed by atoms with E-state index in [4.69, 9.17) is 4.74 Å². The van der Waals surface area contributed by atoms with Crippen LogP contribution >= 0.6 is 0 Å². The average Bonchev–Trinajstić information content (AvgIpc) is 3.07. The molecule has 0 fully saturated rings. The molecule has 0 aliphatic heterocycles. The Morgan fingerprint density at radius 1 is 1.00 bits per heavy atom. The van der Waals surface area contributed by atoms with E-state index in [1.165, 1.54) is 6.26 Å². The number of aryl methyl sites for hydroxylation is 1. The molecule has 10 heteroatoms. The van der Waals surface area contributed by atoms with Crippen molar-refractivity contribution in [2.75, 3.05) is 24.0 Å². The summed E-state index contributed by atoms with van der Waals surface area (Å²) in [6.45, 7) is 3.93. The van der Waals surface area contributed by atoms with Gasteiger partial charge in [0.15, 0.2) is 9.84 Å². The molecule has 2 N–H and O–H groups in total. The van der Waals surface area contributed by atoms with E-state index in [9.17, 15) is 8.42 Å². The molecule has 0 saturated carbocycles. The summed E-state index contributed by atoms with van der Waals surface area (Å²) in [4.78, 5) is 8.99. The van der Waals surface area contributed by atoms with E-state index in [1.54, 1.807) is 43.6 Å². The highest BCUT2D eigenvalue weighted by Crippen LogP contribution is 2.27. The molecule has 2 heterocycles. The Hall–Kier alpha value is -3.92. The monoisotopic (exact) mass is 464 g/mol. The smallest absolute Gasteiger partial charge is 0.229 e. The summed E-state index contributed by atoms with van der Waals surface area (Å²) < 4.78 is 30.7. The predicted molar refractivity (Wildman–Crippen MR) is 128 cm³/mol. The van der Waals surface area contributed by atoms with E-state index < -0.39 is 9.84 Å². The number of ether oxygens (including phenoxy) is 1. The molecule has 2 aromatic carbocycles. The molecule has 9 nitrogen and oxygen atoms in total. The number of hydrogen-bond donors (Lipinski definition) is 2. The molecule has 0 bridgehead atoms. The van der Waals surface area contributed by atoms with Crippen LogP contribution in [0.2, 0.25) is 0 Å². The van der Waals surface area contributed by atoms with Gasteiger partial charge in [0.25, 0.3) is 0 Å². The van der Waals surface area contributed by atoms with Crippen molar-refractivity contribution in [1.29, 1.82) is 0 Å². The molecular formula is C23H24N6O3S. The average molecular weight is 465 g/mol. The number of hydrogen-bond acceptors (Lipinski definition) is 8. The molecule has 4 aromatic rings. The maximum atomic E-state index is 11.8. The predicted octanol–water partition coefficient (Wildman–Crippen LogP) is 4.18. The van der Waals surface area contributed by atoms with Crippen LogP contribution in [0.25, 0.3) is 5.69 Å². The second-order valence-corrected chi connectivity index (χ2v) is 9.50. The maximum Gasteiger partial charge on any atom is 0.229 e. The van der Waals surface area contributed by atoms with Gasteiger partial charge < -0.3 is 15.4 Å². The summed E-state index contributed by atoms with van der Waals surface area (Å²) in [7, 11) is -1.69. The highest BCUT2D eigenvalue weighted by atomic mass is 32.2. The number of methoxy groups -OCH3 is 1. The van der Waals surface area contributed by atoms with Crippen molar-refractivity contribution in [2.24, 2.45) is 0 Å². The SMILES string of the molecule is COc1ccc(-n2nc(C)c(C)c2Nc2ccnc(Nc3cccc(S(C)(=O)=O)c3)n2)cc1. The zero-order chi connectivity index (χ0) is 23.6. The van der Waals surface area contributed by atoms with Crippen molar-refractivity contribution < 1.29 is 13.2 Å². The third-order valence-corrected chi connectivity index (χ3v) is 6.21. The summed E-state index contributed by atoms with van der Waals surface area (Å²) in [6.07, 6.45) is 2.79. The molecule has 0 radical (unpaired) electrons. The number of rotatable bonds is 7. The molecule has 0 atom stereocenters. The van der Waals surface area contributed by atoms with Gasteiger partial charge in [0.1, 0.15) is 17.4 Å². The first-order chi connectivity index (χ1) is 15.7. The number of benzene rings is 2. The van der Waals surface area contributed by atoms with Gasteiger partial charge in [-0.05, 0) is 62.4 Å². The Kier molecular flexibility index (Phi) is 6.01. The van der Waals surface area contributed by atoms with Gasteiger partial charge in [-0.15, -0.1) is 0 Å². The Bertz CT molecular complexity index is 1400. The quantitative estimate of drug-likeness (QED) is 0.419. The van der Waals surface area contributed by atoms with Gasteiger partial charge in [-0.2, -0.15) is 10.1 Å². The minimum absolute atomic E-state index is 0.219. The lowest BCUT2D eigenvalue weighted by Gasteiger charge is -2.12. The second-order valence-electron chi connectivity index (χ2n) is 7.48. The van der Waals surface area contributed by atoms with E-state index in [2.05, 4.69) is 25.7 Å². The first-order valence-electron chi connectivity index (χ1n) is 10.1. The van der Waals surface area contributed by atoms with Crippen LogP contribution in [-0.4, -0.2) is 41.5 Å². The Labute approximate surface area is 192 Å². The zero-order valence-corrected chi connectivity index (χ0v) is 19.5. The van der Waals surface area contributed by atoms with Crippen LogP contribution in [0.1, 0.15) is 11.3 Å². The molecule has 170 valence electrons. The number of aromatic nitrogens is 4. The molecule has 0 unspecified atom stereocenters. The molecule has 0 aliphatic carbocycles. The summed E-state index contributed by atoms with van der Waals surface area (Å²) in [5, 5.41) is 11.0. The summed E-state index contributed by atoms with van der Waals surface area (Å²) in [6, 6.07) is 15.9.